The zero-order chi connectivity index (χ0) is 15.6. The lowest BCUT2D eigenvalue weighted by atomic mass is 10.1. The summed E-state index contributed by atoms with van der Waals surface area (Å²) in [7, 11) is 0. The standard InChI is InChI=1S/C14H8ClF4NO/c15-11-7-10(16)4-5-12(11)20-13(21)8-2-1-3-9(6-8)14(17,18)19/h1-7H,(H,20,21). The third-order valence-corrected chi connectivity index (χ3v) is 2.94. The quantitative estimate of drug-likeness (QED) is 0.796. The molecular weight excluding hydrogens is 310 g/mol. The number of anilines is 1. The van der Waals surface area contributed by atoms with Gasteiger partial charge in [-0.2, -0.15) is 13.2 Å². The first-order chi connectivity index (χ1) is 9.77. The number of hydrogen-bond donors (Lipinski definition) is 1. The van der Waals surface area contributed by atoms with Gasteiger partial charge in [-0.1, -0.05) is 17.7 Å². The van der Waals surface area contributed by atoms with Crippen molar-refractivity contribution in [1.29, 1.82) is 0 Å². The number of alkyl halides is 3. The van der Waals surface area contributed by atoms with E-state index in [1.807, 2.05) is 0 Å². The minimum atomic E-state index is -4.54. The molecule has 0 saturated carbocycles. The molecule has 2 aromatic rings. The monoisotopic (exact) mass is 317 g/mol. The van der Waals surface area contributed by atoms with E-state index < -0.39 is 23.5 Å². The molecule has 0 spiro atoms. The molecule has 0 aliphatic rings. The van der Waals surface area contributed by atoms with Crippen LogP contribution in [0.25, 0.3) is 0 Å². The Hall–Kier alpha value is -2.08. The maximum Gasteiger partial charge on any atom is 0.416 e. The van der Waals surface area contributed by atoms with Gasteiger partial charge in [-0.15, -0.1) is 0 Å². The summed E-state index contributed by atoms with van der Waals surface area (Å²) in [5.74, 6) is -1.35. The fourth-order valence-corrected chi connectivity index (χ4v) is 1.84. The Morgan fingerprint density at radius 3 is 2.43 bits per heavy atom. The molecule has 0 bridgehead atoms. The predicted octanol–water partition coefficient (Wildman–Crippen LogP) is 4.75. The van der Waals surface area contributed by atoms with E-state index in [-0.39, 0.29) is 16.3 Å². The molecule has 0 aromatic heterocycles. The minimum absolute atomic E-state index is 0.0460. The highest BCUT2D eigenvalue weighted by molar-refractivity contribution is 6.33. The van der Waals surface area contributed by atoms with Crippen LogP contribution in [0.2, 0.25) is 5.02 Å². The Kier molecular flexibility index (Phi) is 4.18. The maximum atomic E-state index is 12.9. The first-order valence-corrected chi connectivity index (χ1v) is 6.09. The van der Waals surface area contributed by atoms with Gasteiger partial charge in [-0.25, -0.2) is 4.39 Å². The number of nitrogens with one attached hydrogen (secondary N) is 1. The third kappa shape index (κ3) is 3.72. The summed E-state index contributed by atoms with van der Waals surface area (Å²) in [5, 5.41) is 2.28. The SMILES string of the molecule is O=C(Nc1ccc(F)cc1Cl)c1cccc(C(F)(F)F)c1. The lowest BCUT2D eigenvalue weighted by Crippen LogP contribution is -2.14. The Balaban J connectivity index is 2.25. The van der Waals surface area contributed by atoms with Gasteiger partial charge in [0.2, 0.25) is 0 Å². The van der Waals surface area contributed by atoms with E-state index in [4.69, 9.17) is 11.6 Å². The van der Waals surface area contributed by atoms with Gasteiger partial charge in [-0.05, 0) is 36.4 Å². The largest absolute Gasteiger partial charge is 0.416 e. The van der Waals surface area contributed by atoms with E-state index >= 15 is 0 Å². The lowest BCUT2D eigenvalue weighted by Gasteiger charge is -2.10. The molecule has 0 aliphatic carbocycles. The number of halogens is 5. The minimum Gasteiger partial charge on any atom is -0.321 e. The van der Waals surface area contributed by atoms with Gasteiger partial charge in [0.25, 0.3) is 5.91 Å². The van der Waals surface area contributed by atoms with Crippen LogP contribution < -0.4 is 5.32 Å². The molecule has 0 saturated heterocycles. The summed E-state index contributed by atoms with van der Waals surface area (Å²) in [6.07, 6.45) is -4.54. The molecule has 110 valence electrons. The molecule has 0 fully saturated rings. The van der Waals surface area contributed by atoms with Gasteiger partial charge in [-0.3, -0.25) is 4.79 Å². The van der Waals surface area contributed by atoms with Gasteiger partial charge < -0.3 is 5.32 Å². The fraction of sp³-hybridized carbons (Fsp3) is 0.0714. The highest BCUT2D eigenvalue weighted by Gasteiger charge is 2.30. The summed E-state index contributed by atoms with van der Waals surface area (Å²) >= 11 is 5.73. The van der Waals surface area contributed by atoms with Crippen LogP contribution in [0.3, 0.4) is 0 Å². The number of hydrogen-bond acceptors (Lipinski definition) is 1. The Morgan fingerprint density at radius 2 is 1.81 bits per heavy atom. The average molecular weight is 318 g/mol. The number of amides is 1. The summed E-state index contributed by atoms with van der Waals surface area (Å²) in [6.45, 7) is 0. The third-order valence-electron chi connectivity index (χ3n) is 2.63. The second kappa shape index (κ2) is 5.73. The molecular formula is C14H8ClF4NO. The van der Waals surface area contributed by atoms with Crippen molar-refractivity contribution in [2.45, 2.75) is 6.18 Å². The van der Waals surface area contributed by atoms with Crippen LogP contribution in [0.5, 0.6) is 0 Å². The van der Waals surface area contributed by atoms with Crippen LogP contribution in [0.15, 0.2) is 42.5 Å². The summed E-state index contributed by atoms with van der Waals surface area (Å²) in [4.78, 5) is 11.9. The van der Waals surface area contributed by atoms with Crippen molar-refractivity contribution in [3.8, 4) is 0 Å². The summed E-state index contributed by atoms with van der Waals surface area (Å²) < 4.78 is 50.6. The molecule has 21 heavy (non-hydrogen) atoms. The van der Waals surface area contributed by atoms with Crippen molar-refractivity contribution >= 4 is 23.2 Å². The zero-order valence-electron chi connectivity index (χ0n) is 10.3. The molecule has 2 rings (SSSR count). The van der Waals surface area contributed by atoms with E-state index in [9.17, 15) is 22.4 Å². The second-order valence-electron chi connectivity index (χ2n) is 4.16. The number of carbonyl (C=O) groups is 1. The van der Waals surface area contributed by atoms with E-state index in [0.29, 0.717) is 0 Å². The van der Waals surface area contributed by atoms with Crippen LogP contribution in [0.4, 0.5) is 23.2 Å². The first kappa shape index (κ1) is 15.3. The molecule has 1 N–H and O–H groups in total. The van der Waals surface area contributed by atoms with E-state index in [0.717, 1.165) is 30.3 Å². The molecule has 2 aromatic carbocycles. The van der Waals surface area contributed by atoms with Gasteiger partial charge in [0.15, 0.2) is 0 Å². The molecule has 0 aliphatic heterocycles. The van der Waals surface area contributed by atoms with Crippen molar-refractivity contribution in [3.63, 3.8) is 0 Å². The smallest absolute Gasteiger partial charge is 0.321 e. The fourth-order valence-electron chi connectivity index (χ4n) is 1.62. The summed E-state index contributed by atoms with van der Waals surface area (Å²) in [6, 6.07) is 7.25. The topological polar surface area (TPSA) is 29.1 Å². The van der Waals surface area contributed by atoms with Crippen LogP contribution >= 0.6 is 11.6 Å². The van der Waals surface area contributed by atoms with E-state index in [1.165, 1.54) is 12.1 Å². The zero-order valence-corrected chi connectivity index (χ0v) is 11.1. The van der Waals surface area contributed by atoms with E-state index in [1.54, 1.807) is 0 Å². The maximum absolute atomic E-state index is 12.9. The van der Waals surface area contributed by atoms with Crippen LogP contribution in [0, 0.1) is 5.82 Å². The number of rotatable bonds is 2. The second-order valence-corrected chi connectivity index (χ2v) is 4.56. The Labute approximate surface area is 122 Å². The molecule has 7 heteroatoms. The van der Waals surface area contributed by atoms with Gasteiger partial charge in [0, 0.05) is 5.56 Å². The molecule has 0 heterocycles. The molecule has 2 nitrogen and oxygen atoms in total. The predicted molar refractivity (Wildman–Crippen MR) is 70.8 cm³/mol. The van der Waals surface area contributed by atoms with Crippen LogP contribution in [0.1, 0.15) is 15.9 Å². The van der Waals surface area contributed by atoms with Crippen molar-refractivity contribution in [1.82, 2.24) is 0 Å². The molecule has 0 radical (unpaired) electrons. The average Bonchev–Trinajstić information content (AvgIpc) is 2.41. The summed E-state index contributed by atoms with van der Waals surface area (Å²) in [5.41, 5.74) is -0.994. The Bertz CT molecular complexity index is 685. The van der Waals surface area contributed by atoms with Gasteiger partial charge in [0.1, 0.15) is 5.82 Å². The van der Waals surface area contributed by atoms with Crippen LogP contribution in [-0.4, -0.2) is 5.91 Å². The van der Waals surface area contributed by atoms with Gasteiger partial charge >= 0.3 is 6.18 Å². The van der Waals surface area contributed by atoms with Crippen molar-refractivity contribution in [2.75, 3.05) is 5.32 Å². The molecule has 0 unspecified atom stereocenters. The van der Waals surface area contributed by atoms with Gasteiger partial charge in [0.05, 0.1) is 16.3 Å². The highest BCUT2D eigenvalue weighted by Crippen LogP contribution is 2.30. The van der Waals surface area contributed by atoms with Crippen molar-refractivity contribution < 1.29 is 22.4 Å². The molecule has 1 amide bonds. The van der Waals surface area contributed by atoms with Crippen LogP contribution in [-0.2, 0) is 6.18 Å². The Morgan fingerprint density at radius 1 is 1.10 bits per heavy atom. The first-order valence-electron chi connectivity index (χ1n) is 5.71. The lowest BCUT2D eigenvalue weighted by molar-refractivity contribution is -0.137. The molecule has 0 atom stereocenters. The number of benzene rings is 2. The van der Waals surface area contributed by atoms with Crippen molar-refractivity contribution in [3.05, 3.63) is 64.4 Å². The van der Waals surface area contributed by atoms with E-state index in [2.05, 4.69) is 5.32 Å². The normalized spacial score (nSPS) is 11.3. The highest BCUT2D eigenvalue weighted by atomic mass is 35.5. The van der Waals surface area contributed by atoms with Crippen molar-refractivity contribution in [2.24, 2.45) is 0 Å². The number of carbonyl (C=O) groups excluding carboxylic acids is 1.